The van der Waals surface area contributed by atoms with E-state index >= 15 is 0 Å². The fraction of sp³-hybridized carbons (Fsp3) is 0.500. The molecule has 0 radical (unpaired) electrons. The van der Waals surface area contributed by atoms with Gasteiger partial charge in [-0.05, 0) is 37.0 Å². The SMILES string of the molecule is CN(C)C(=O)c1cccc(C(=O)N2CCCC(CO)C2)c1. The van der Waals surface area contributed by atoms with E-state index < -0.39 is 0 Å². The molecule has 1 N–H and O–H groups in total. The minimum atomic E-state index is -0.114. The molecule has 0 aromatic heterocycles. The van der Waals surface area contributed by atoms with Gasteiger partial charge in [0.2, 0.25) is 0 Å². The van der Waals surface area contributed by atoms with Gasteiger partial charge in [-0.2, -0.15) is 0 Å². The van der Waals surface area contributed by atoms with Crippen LogP contribution in [0.5, 0.6) is 0 Å². The zero-order chi connectivity index (χ0) is 15.4. The Morgan fingerprint density at radius 1 is 1.33 bits per heavy atom. The number of piperidine rings is 1. The highest BCUT2D eigenvalue weighted by molar-refractivity contribution is 5.99. The molecule has 1 saturated heterocycles. The number of benzene rings is 1. The van der Waals surface area contributed by atoms with E-state index in [1.807, 2.05) is 0 Å². The van der Waals surface area contributed by atoms with Gasteiger partial charge in [-0.3, -0.25) is 9.59 Å². The van der Waals surface area contributed by atoms with Crippen molar-refractivity contribution in [2.24, 2.45) is 5.92 Å². The number of likely N-dealkylation sites (tertiary alicyclic amines) is 1. The van der Waals surface area contributed by atoms with Crippen molar-refractivity contribution in [2.45, 2.75) is 12.8 Å². The first-order chi connectivity index (χ1) is 10.0. The van der Waals surface area contributed by atoms with Crippen LogP contribution in [0, 0.1) is 5.92 Å². The largest absolute Gasteiger partial charge is 0.396 e. The summed E-state index contributed by atoms with van der Waals surface area (Å²) < 4.78 is 0. The van der Waals surface area contributed by atoms with Crippen molar-refractivity contribution in [1.29, 1.82) is 0 Å². The van der Waals surface area contributed by atoms with Crippen molar-refractivity contribution in [3.8, 4) is 0 Å². The zero-order valence-corrected chi connectivity index (χ0v) is 12.6. The van der Waals surface area contributed by atoms with E-state index in [0.29, 0.717) is 24.2 Å². The molecule has 2 amide bonds. The van der Waals surface area contributed by atoms with Crippen LogP contribution in [0.3, 0.4) is 0 Å². The molecule has 1 aromatic carbocycles. The van der Waals surface area contributed by atoms with E-state index in [1.54, 1.807) is 43.3 Å². The third-order valence-corrected chi connectivity index (χ3v) is 3.83. The Bertz CT molecular complexity index is 528. The summed E-state index contributed by atoms with van der Waals surface area (Å²) in [4.78, 5) is 27.7. The van der Waals surface area contributed by atoms with Gasteiger partial charge in [0.1, 0.15) is 0 Å². The Morgan fingerprint density at radius 3 is 2.71 bits per heavy atom. The summed E-state index contributed by atoms with van der Waals surface area (Å²) in [5.74, 6) is -0.0209. The molecule has 0 aliphatic carbocycles. The number of aliphatic hydroxyl groups excluding tert-OH is 1. The lowest BCUT2D eigenvalue weighted by atomic mass is 9.98. The molecule has 1 unspecified atom stereocenters. The molecule has 1 heterocycles. The van der Waals surface area contributed by atoms with E-state index in [4.69, 9.17) is 0 Å². The topological polar surface area (TPSA) is 60.9 Å². The number of hydrogen-bond acceptors (Lipinski definition) is 3. The summed E-state index contributed by atoms with van der Waals surface area (Å²) in [5, 5.41) is 9.25. The molecule has 1 aliphatic heterocycles. The van der Waals surface area contributed by atoms with Gasteiger partial charge in [0.25, 0.3) is 11.8 Å². The summed E-state index contributed by atoms with van der Waals surface area (Å²) in [6, 6.07) is 6.83. The average molecular weight is 290 g/mol. The van der Waals surface area contributed by atoms with Crippen LogP contribution < -0.4 is 0 Å². The van der Waals surface area contributed by atoms with Gasteiger partial charge in [-0.25, -0.2) is 0 Å². The van der Waals surface area contributed by atoms with Crippen LogP contribution in [0.4, 0.5) is 0 Å². The van der Waals surface area contributed by atoms with Crippen LogP contribution in [0.2, 0.25) is 0 Å². The fourth-order valence-electron chi connectivity index (χ4n) is 2.62. The second-order valence-corrected chi connectivity index (χ2v) is 5.72. The average Bonchev–Trinajstić information content (AvgIpc) is 2.53. The summed E-state index contributed by atoms with van der Waals surface area (Å²) in [6.45, 7) is 1.41. The summed E-state index contributed by atoms with van der Waals surface area (Å²) in [6.07, 6.45) is 1.87. The number of carbonyl (C=O) groups is 2. The molecule has 0 saturated carbocycles. The second kappa shape index (κ2) is 6.72. The van der Waals surface area contributed by atoms with E-state index in [0.717, 1.165) is 12.8 Å². The standard InChI is InChI=1S/C16H22N2O3/c1-17(2)15(20)13-6-3-7-14(9-13)16(21)18-8-4-5-12(10-18)11-19/h3,6-7,9,12,19H,4-5,8,10-11H2,1-2H3. The van der Waals surface area contributed by atoms with Gasteiger partial charge in [0, 0.05) is 44.9 Å². The first kappa shape index (κ1) is 15.5. The lowest BCUT2D eigenvalue weighted by Crippen LogP contribution is -2.41. The van der Waals surface area contributed by atoms with Gasteiger partial charge >= 0.3 is 0 Å². The Morgan fingerprint density at radius 2 is 2.05 bits per heavy atom. The lowest BCUT2D eigenvalue weighted by Gasteiger charge is -2.32. The maximum absolute atomic E-state index is 12.5. The fourth-order valence-corrected chi connectivity index (χ4v) is 2.62. The van der Waals surface area contributed by atoms with Crippen molar-refractivity contribution in [3.05, 3.63) is 35.4 Å². The predicted molar refractivity (Wildman–Crippen MR) is 80.2 cm³/mol. The van der Waals surface area contributed by atoms with Crippen molar-refractivity contribution in [3.63, 3.8) is 0 Å². The molecular weight excluding hydrogens is 268 g/mol. The molecule has 114 valence electrons. The number of aliphatic hydroxyl groups is 1. The van der Waals surface area contributed by atoms with Crippen molar-refractivity contribution in [2.75, 3.05) is 33.8 Å². The van der Waals surface area contributed by atoms with Crippen molar-refractivity contribution in [1.82, 2.24) is 9.80 Å². The first-order valence-electron chi connectivity index (χ1n) is 7.24. The smallest absolute Gasteiger partial charge is 0.253 e. The Balaban J connectivity index is 2.16. The van der Waals surface area contributed by atoms with Crippen LogP contribution in [0.1, 0.15) is 33.6 Å². The number of amides is 2. The van der Waals surface area contributed by atoms with Gasteiger partial charge in [0.15, 0.2) is 0 Å². The van der Waals surface area contributed by atoms with Crippen molar-refractivity contribution >= 4 is 11.8 Å². The van der Waals surface area contributed by atoms with Gasteiger partial charge in [-0.1, -0.05) is 6.07 Å². The van der Waals surface area contributed by atoms with Crippen LogP contribution in [-0.2, 0) is 0 Å². The quantitative estimate of drug-likeness (QED) is 0.911. The normalized spacial score (nSPS) is 18.4. The highest BCUT2D eigenvalue weighted by Crippen LogP contribution is 2.18. The molecule has 1 fully saturated rings. The summed E-state index contributed by atoms with van der Waals surface area (Å²) in [7, 11) is 3.38. The number of carbonyl (C=O) groups excluding carboxylic acids is 2. The van der Waals surface area contributed by atoms with Crippen LogP contribution in [0.25, 0.3) is 0 Å². The highest BCUT2D eigenvalue weighted by atomic mass is 16.3. The van der Waals surface area contributed by atoms with Gasteiger partial charge in [0.05, 0.1) is 0 Å². The van der Waals surface area contributed by atoms with E-state index in [2.05, 4.69) is 0 Å². The Labute approximate surface area is 125 Å². The molecule has 5 nitrogen and oxygen atoms in total. The lowest BCUT2D eigenvalue weighted by molar-refractivity contribution is 0.0620. The van der Waals surface area contributed by atoms with E-state index in [-0.39, 0.29) is 24.3 Å². The Hall–Kier alpha value is -1.88. The number of rotatable bonds is 3. The molecular formula is C16H22N2O3. The molecule has 1 aliphatic rings. The molecule has 1 aromatic rings. The summed E-state index contributed by atoms with van der Waals surface area (Å²) in [5.41, 5.74) is 1.04. The molecule has 0 bridgehead atoms. The maximum atomic E-state index is 12.5. The zero-order valence-electron chi connectivity index (χ0n) is 12.6. The van der Waals surface area contributed by atoms with Crippen LogP contribution in [0.15, 0.2) is 24.3 Å². The molecule has 0 spiro atoms. The second-order valence-electron chi connectivity index (χ2n) is 5.72. The van der Waals surface area contributed by atoms with Gasteiger partial charge < -0.3 is 14.9 Å². The van der Waals surface area contributed by atoms with Crippen LogP contribution in [-0.4, -0.2) is 60.5 Å². The summed E-state index contributed by atoms with van der Waals surface area (Å²) >= 11 is 0. The molecule has 1 atom stereocenters. The third kappa shape index (κ3) is 3.61. The highest BCUT2D eigenvalue weighted by Gasteiger charge is 2.24. The van der Waals surface area contributed by atoms with Gasteiger partial charge in [-0.15, -0.1) is 0 Å². The minimum Gasteiger partial charge on any atom is -0.396 e. The van der Waals surface area contributed by atoms with Crippen molar-refractivity contribution < 1.29 is 14.7 Å². The van der Waals surface area contributed by atoms with Crippen LogP contribution >= 0.6 is 0 Å². The van der Waals surface area contributed by atoms with E-state index in [9.17, 15) is 14.7 Å². The Kier molecular flexibility index (Phi) is 4.96. The molecule has 2 rings (SSSR count). The van der Waals surface area contributed by atoms with E-state index in [1.165, 1.54) is 4.90 Å². The third-order valence-electron chi connectivity index (χ3n) is 3.83. The minimum absolute atomic E-state index is 0.0680. The monoisotopic (exact) mass is 290 g/mol. The maximum Gasteiger partial charge on any atom is 0.253 e. The number of nitrogens with zero attached hydrogens (tertiary/aromatic N) is 2. The number of hydrogen-bond donors (Lipinski definition) is 1. The predicted octanol–water partition coefficient (Wildman–Crippen LogP) is 1.23. The molecule has 21 heavy (non-hydrogen) atoms. The molecule has 5 heteroatoms. The first-order valence-corrected chi connectivity index (χ1v) is 7.24.